The van der Waals surface area contributed by atoms with Crippen molar-refractivity contribution in [3.63, 3.8) is 0 Å². The van der Waals surface area contributed by atoms with Crippen molar-refractivity contribution in [2.75, 3.05) is 0 Å². The highest BCUT2D eigenvalue weighted by molar-refractivity contribution is 9.10. The summed E-state index contributed by atoms with van der Waals surface area (Å²) in [4.78, 5) is 6.65. The highest BCUT2D eigenvalue weighted by atomic mass is 79.9. The minimum absolute atomic E-state index is 0.119. The van der Waals surface area contributed by atoms with Crippen LogP contribution in [0.5, 0.6) is 0 Å². The van der Waals surface area contributed by atoms with Crippen LogP contribution in [0.15, 0.2) is 63.6 Å². The van der Waals surface area contributed by atoms with E-state index in [4.69, 9.17) is 16.6 Å². The molecule has 1 aliphatic rings. The smallest absolute Gasteiger partial charge is 0.170 e. The van der Waals surface area contributed by atoms with E-state index in [1.807, 2.05) is 30.3 Å². The summed E-state index contributed by atoms with van der Waals surface area (Å²) in [5, 5.41) is 4.07. The maximum absolute atomic E-state index is 13.4. The van der Waals surface area contributed by atoms with Gasteiger partial charge in [-0.2, -0.15) is 0 Å². The van der Waals surface area contributed by atoms with Gasteiger partial charge >= 0.3 is 0 Å². The molecule has 144 valence electrons. The van der Waals surface area contributed by atoms with Crippen LogP contribution in [0, 0.1) is 5.82 Å². The van der Waals surface area contributed by atoms with E-state index in [0.717, 1.165) is 17.0 Å². The molecular formula is C21H19BrFN3OS. The van der Waals surface area contributed by atoms with Crippen molar-refractivity contribution >= 4 is 33.3 Å². The summed E-state index contributed by atoms with van der Waals surface area (Å²) < 4.78 is 20.3. The van der Waals surface area contributed by atoms with Crippen molar-refractivity contribution in [1.82, 2.24) is 15.2 Å². The summed E-state index contributed by atoms with van der Waals surface area (Å²) in [7, 11) is 0. The lowest BCUT2D eigenvalue weighted by molar-refractivity contribution is 0.237. The SMILES string of the molecule is CC(C)N1C(=S)N[C@H](c2ccccn2)[C@@H]1c1ccc(-c2ccc(F)cc2Br)o1. The molecule has 7 heteroatoms. The lowest BCUT2D eigenvalue weighted by Crippen LogP contribution is -2.35. The van der Waals surface area contributed by atoms with Crippen LogP contribution in [0.1, 0.15) is 37.4 Å². The zero-order valence-corrected chi connectivity index (χ0v) is 17.8. The van der Waals surface area contributed by atoms with Gasteiger partial charge in [0.15, 0.2) is 5.11 Å². The Hall–Kier alpha value is -2.25. The third-order valence-corrected chi connectivity index (χ3v) is 5.79. The Balaban J connectivity index is 1.76. The van der Waals surface area contributed by atoms with E-state index in [9.17, 15) is 4.39 Å². The van der Waals surface area contributed by atoms with E-state index >= 15 is 0 Å². The molecule has 1 saturated heterocycles. The molecule has 1 fully saturated rings. The topological polar surface area (TPSA) is 41.3 Å². The normalized spacial score (nSPS) is 19.3. The summed E-state index contributed by atoms with van der Waals surface area (Å²) in [6.45, 7) is 4.20. The first kappa shape index (κ1) is 19.1. The number of nitrogens with zero attached hydrogens (tertiary/aromatic N) is 2. The number of benzene rings is 1. The van der Waals surface area contributed by atoms with Crippen LogP contribution in [0.3, 0.4) is 0 Å². The Bertz CT molecular complexity index is 1010. The van der Waals surface area contributed by atoms with Crippen molar-refractivity contribution in [1.29, 1.82) is 0 Å². The van der Waals surface area contributed by atoms with Crippen molar-refractivity contribution in [3.05, 3.63) is 76.5 Å². The molecular weight excluding hydrogens is 441 g/mol. The van der Waals surface area contributed by atoms with Gasteiger partial charge in [0, 0.05) is 22.3 Å². The van der Waals surface area contributed by atoms with Gasteiger partial charge in [0.25, 0.3) is 0 Å². The standard InChI is InChI=1S/C21H19BrFN3OS/c1-12(2)26-20(19(25-21(26)28)16-5-3-4-10-24-16)18-9-8-17(27-18)14-7-6-13(23)11-15(14)22/h3-12,19-20H,1-2H3,(H,25,28)/t19-,20+/m1/s1. The highest BCUT2D eigenvalue weighted by Gasteiger charge is 2.42. The Morgan fingerprint density at radius 2 is 2.04 bits per heavy atom. The fourth-order valence-corrected chi connectivity index (χ4v) is 4.57. The zero-order valence-electron chi connectivity index (χ0n) is 15.4. The average molecular weight is 460 g/mol. The van der Waals surface area contributed by atoms with Crippen molar-refractivity contribution in [3.8, 4) is 11.3 Å². The van der Waals surface area contributed by atoms with E-state index in [0.29, 0.717) is 15.3 Å². The Morgan fingerprint density at radius 1 is 1.21 bits per heavy atom. The molecule has 0 bridgehead atoms. The fourth-order valence-electron chi connectivity index (χ4n) is 3.57. The van der Waals surface area contributed by atoms with Crippen LogP contribution < -0.4 is 5.32 Å². The van der Waals surface area contributed by atoms with Gasteiger partial charge in [0.2, 0.25) is 0 Å². The Kier molecular flexibility index (Phi) is 5.21. The summed E-state index contributed by atoms with van der Waals surface area (Å²) in [5.41, 5.74) is 1.70. The van der Waals surface area contributed by atoms with Gasteiger partial charge in [0.1, 0.15) is 23.4 Å². The molecule has 0 spiro atoms. The number of thiocarbonyl (C=S) groups is 1. The molecule has 2 atom stereocenters. The second-order valence-corrected chi connectivity index (χ2v) is 8.19. The van der Waals surface area contributed by atoms with Crippen LogP contribution in [0.25, 0.3) is 11.3 Å². The summed E-state index contributed by atoms with van der Waals surface area (Å²) in [5.74, 6) is 1.15. The van der Waals surface area contributed by atoms with Gasteiger partial charge in [-0.3, -0.25) is 4.98 Å². The van der Waals surface area contributed by atoms with Crippen LogP contribution in [-0.2, 0) is 0 Å². The van der Waals surface area contributed by atoms with E-state index < -0.39 is 0 Å². The Morgan fingerprint density at radius 3 is 2.71 bits per heavy atom. The lowest BCUT2D eigenvalue weighted by atomic mass is 10.0. The maximum atomic E-state index is 13.4. The molecule has 0 aliphatic carbocycles. The predicted octanol–water partition coefficient (Wildman–Crippen LogP) is 5.62. The molecule has 2 aromatic heterocycles. The number of pyridine rings is 1. The fraction of sp³-hybridized carbons (Fsp3) is 0.238. The Labute approximate surface area is 176 Å². The van der Waals surface area contributed by atoms with E-state index in [1.165, 1.54) is 12.1 Å². The predicted molar refractivity (Wildman–Crippen MR) is 114 cm³/mol. The highest BCUT2D eigenvalue weighted by Crippen LogP contribution is 2.42. The number of aromatic nitrogens is 1. The molecule has 28 heavy (non-hydrogen) atoms. The lowest BCUT2D eigenvalue weighted by Gasteiger charge is -2.29. The summed E-state index contributed by atoms with van der Waals surface area (Å²) in [6.07, 6.45) is 1.78. The monoisotopic (exact) mass is 459 g/mol. The van der Waals surface area contributed by atoms with Crippen LogP contribution in [-0.4, -0.2) is 21.0 Å². The third-order valence-electron chi connectivity index (χ3n) is 4.81. The number of nitrogens with one attached hydrogen (secondary N) is 1. The first-order valence-electron chi connectivity index (χ1n) is 9.00. The largest absolute Gasteiger partial charge is 0.459 e. The molecule has 0 unspecified atom stereocenters. The molecule has 1 aromatic carbocycles. The average Bonchev–Trinajstić information content (AvgIpc) is 3.26. The van der Waals surface area contributed by atoms with Crippen molar-refractivity contribution in [2.24, 2.45) is 0 Å². The minimum Gasteiger partial charge on any atom is -0.459 e. The molecule has 0 amide bonds. The first-order valence-corrected chi connectivity index (χ1v) is 10.2. The molecule has 0 saturated carbocycles. The minimum atomic E-state index is -0.297. The van der Waals surface area contributed by atoms with Crippen LogP contribution in [0.4, 0.5) is 4.39 Å². The first-order chi connectivity index (χ1) is 13.5. The molecule has 4 rings (SSSR count). The second kappa shape index (κ2) is 7.64. The maximum Gasteiger partial charge on any atom is 0.170 e. The second-order valence-electron chi connectivity index (χ2n) is 6.95. The number of hydrogen-bond donors (Lipinski definition) is 1. The molecule has 1 N–H and O–H groups in total. The van der Waals surface area contributed by atoms with Gasteiger partial charge in [-0.05, 0) is 84.5 Å². The van der Waals surface area contributed by atoms with Gasteiger partial charge in [-0.15, -0.1) is 0 Å². The van der Waals surface area contributed by atoms with Crippen molar-refractivity contribution in [2.45, 2.75) is 32.0 Å². The van der Waals surface area contributed by atoms with E-state index in [-0.39, 0.29) is 23.9 Å². The van der Waals surface area contributed by atoms with Crippen LogP contribution >= 0.6 is 28.1 Å². The third kappa shape index (κ3) is 3.44. The van der Waals surface area contributed by atoms with Gasteiger partial charge < -0.3 is 14.6 Å². The number of furan rings is 1. The van der Waals surface area contributed by atoms with E-state index in [2.05, 4.69) is 45.0 Å². The van der Waals surface area contributed by atoms with Crippen molar-refractivity contribution < 1.29 is 8.81 Å². The molecule has 1 aliphatic heterocycles. The van der Waals surface area contributed by atoms with E-state index in [1.54, 1.807) is 12.3 Å². The zero-order chi connectivity index (χ0) is 19.8. The summed E-state index contributed by atoms with van der Waals surface area (Å²) >= 11 is 9.02. The molecule has 3 aromatic rings. The number of hydrogen-bond acceptors (Lipinski definition) is 3. The molecule has 3 heterocycles. The number of halogens is 2. The summed E-state index contributed by atoms with van der Waals surface area (Å²) in [6, 6.07) is 14.2. The quantitative estimate of drug-likeness (QED) is 0.512. The number of rotatable bonds is 4. The van der Waals surface area contributed by atoms with Crippen LogP contribution in [0.2, 0.25) is 0 Å². The van der Waals surface area contributed by atoms with Gasteiger partial charge in [0.05, 0.1) is 11.7 Å². The van der Waals surface area contributed by atoms with Gasteiger partial charge in [-0.1, -0.05) is 6.07 Å². The molecule has 4 nitrogen and oxygen atoms in total. The van der Waals surface area contributed by atoms with Gasteiger partial charge in [-0.25, -0.2) is 4.39 Å². The molecule has 0 radical (unpaired) electrons.